The molecule has 1 aliphatic rings. The summed E-state index contributed by atoms with van der Waals surface area (Å²) < 4.78 is 15.4. The molecular formula is C18H18ClNO8S. The summed E-state index contributed by atoms with van der Waals surface area (Å²) in [5.41, 5.74) is 0.433. The van der Waals surface area contributed by atoms with Crippen LogP contribution in [0.15, 0.2) is 17.0 Å². The van der Waals surface area contributed by atoms with Crippen molar-refractivity contribution in [2.75, 3.05) is 26.4 Å². The third-order valence-electron chi connectivity index (χ3n) is 3.44. The molecule has 1 fully saturated rings. The topological polar surface area (TPSA) is 119 Å². The number of esters is 1. The van der Waals surface area contributed by atoms with Crippen LogP contribution in [0.3, 0.4) is 0 Å². The SMILES string of the molecule is CCOC(=O)CN1C(=O)S/C(=C/c2cc(Cl)c(OCC(=O)O)c(OCC)c2)C1=O. The summed E-state index contributed by atoms with van der Waals surface area (Å²) in [5, 5.41) is 8.26. The fraction of sp³-hybridized carbons (Fsp3) is 0.333. The molecule has 0 aromatic heterocycles. The molecule has 1 aromatic carbocycles. The number of amides is 2. The molecule has 1 aromatic rings. The Bertz CT molecular complexity index is 870. The molecule has 9 nitrogen and oxygen atoms in total. The molecule has 29 heavy (non-hydrogen) atoms. The highest BCUT2D eigenvalue weighted by Crippen LogP contribution is 2.39. The number of hydrogen-bond donors (Lipinski definition) is 1. The molecule has 1 N–H and O–H groups in total. The zero-order chi connectivity index (χ0) is 21.6. The van der Waals surface area contributed by atoms with E-state index in [-0.39, 0.29) is 34.6 Å². The number of benzene rings is 1. The molecule has 0 aliphatic carbocycles. The van der Waals surface area contributed by atoms with Gasteiger partial charge in [-0.3, -0.25) is 19.3 Å². The molecule has 0 spiro atoms. The minimum atomic E-state index is -1.18. The predicted molar refractivity (Wildman–Crippen MR) is 105 cm³/mol. The second kappa shape index (κ2) is 10.2. The van der Waals surface area contributed by atoms with E-state index in [2.05, 4.69) is 0 Å². The van der Waals surface area contributed by atoms with Crippen LogP contribution in [-0.4, -0.2) is 59.5 Å². The van der Waals surface area contributed by atoms with Crippen LogP contribution < -0.4 is 9.47 Å². The van der Waals surface area contributed by atoms with Gasteiger partial charge in [0.25, 0.3) is 11.1 Å². The van der Waals surface area contributed by atoms with Crippen LogP contribution in [0.5, 0.6) is 11.5 Å². The van der Waals surface area contributed by atoms with Gasteiger partial charge in [-0.25, -0.2) is 4.79 Å². The molecule has 0 radical (unpaired) electrons. The zero-order valence-corrected chi connectivity index (χ0v) is 17.2. The van der Waals surface area contributed by atoms with Crippen molar-refractivity contribution >= 4 is 52.5 Å². The first kappa shape index (κ1) is 22.6. The Morgan fingerprint density at radius 1 is 1.21 bits per heavy atom. The van der Waals surface area contributed by atoms with E-state index in [1.54, 1.807) is 13.8 Å². The smallest absolute Gasteiger partial charge is 0.341 e. The Balaban J connectivity index is 2.29. The number of aliphatic carboxylic acids is 1. The minimum Gasteiger partial charge on any atom is -0.490 e. The largest absolute Gasteiger partial charge is 0.490 e. The van der Waals surface area contributed by atoms with Gasteiger partial charge in [0.05, 0.1) is 23.1 Å². The highest BCUT2D eigenvalue weighted by molar-refractivity contribution is 8.18. The third-order valence-corrected chi connectivity index (χ3v) is 4.62. The Hall–Kier alpha value is -2.72. The Morgan fingerprint density at radius 2 is 1.93 bits per heavy atom. The minimum absolute atomic E-state index is 0.0588. The van der Waals surface area contributed by atoms with Crippen LogP contribution in [0.25, 0.3) is 6.08 Å². The van der Waals surface area contributed by atoms with Gasteiger partial charge in [0.2, 0.25) is 0 Å². The predicted octanol–water partition coefficient (Wildman–Crippen LogP) is 2.80. The molecule has 2 rings (SSSR count). The maximum atomic E-state index is 12.5. The maximum absolute atomic E-state index is 12.5. The van der Waals surface area contributed by atoms with Crippen LogP contribution in [0, 0.1) is 0 Å². The molecule has 0 saturated carbocycles. The van der Waals surface area contributed by atoms with Gasteiger partial charge in [0, 0.05) is 0 Å². The Kier molecular flexibility index (Phi) is 7.91. The fourth-order valence-electron chi connectivity index (χ4n) is 2.33. The van der Waals surface area contributed by atoms with Gasteiger partial charge in [-0.1, -0.05) is 11.6 Å². The van der Waals surface area contributed by atoms with Gasteiger partial charge in [-0.2, -0.15) is 0 Å². The average molecular weight is 444 g/mol. The average Bonchev–Trinajstić information content (AvgIpc) is 2.88. The number of hydrogen-bond acceptors (Lipinski definition) is 8. The van der Waals surface area contributed by atoms with Gasteiger partial charge in [0.1, 0.15) is 6.54 Å². The highest BCUT2D eigenvalue weighted by Gasteiger charge is 2.36. The first-order valence-electron chi connectivity index (χ1n) is 8.48. The summed E-state index contributed by atoms with van der Waals surface area (Å²) in [6.45, 7) is 2.67. The van der Waals surface area contributed by atoms with E-state index in [0.717, 1.165) is 4.90 Å². The normalized spacial score (nSPS) is 15.0. The van der Waals surface area contributed by atoms with Crippen molar-refractivity contribution in [3.05, 3.63) is 27.6 Å². The maximum Gasteiger partial charge on any atom is 0.341 e. The Labute approximate surface area is 175 Å². The molecule has 1 aliphatic heterocycles. The summed E-state index contributed by atoms with van der Waals surface area (Å²) in [6, 6.07) is 2.95. The number of carbonyl (C=O) groups is 4. The summed E-state index contributed by atoms with van der Waals surface area (Å²) in [4.78, 5) is 47.7. The summed E-state index contributed by atoms with van der Waals surface area (Å²) in [5.74, 6) is -2.24. The number of thioether (sulfide) groups is 1. The van der Waals surface area contributed by atoms with Gasteiger partial charge in [0.15, 0.2) is 18.1 Å². The number of nitrogens with zero attached hydrogens (tertiary/aromatic N) is 1. The molecule has 11 heteroatoms. The summed E-state index contributed by atoms with van der Waals surface area (Å²) in [6.07, 6.45) is 1.42. The molecule has 0 atom stereocenters. The lowest BCUT2D eigenvalue weighted by Crippen LogP contribution is -2.34. The Morgan fingerprint density at radius 3 is 2.55 bits per heavy atom. The van der Waals surface area contributed by atoms with Crippen molar-refractivity contribution in [2.45, 2.75) is 13.8 Å². The molecular weight excluding hydrogens is 426 g/mol. The first-order chi connectivity index (χ1) is 13.8. The lowest BCUT2D eigenvalue weighted by molar-refractivity contribution is -0.146. The first-order valence-corrected chi connectivity index (χ1v) is 9.68. The summed E-state index contributed by atoms with van der Waals surface area (Å²) in [7, 11) is 0. The second-order valence-corrected chi connectivity index (χ2v) is 6.92. The molecule has 2 amide bonds. The lowest BCUT2D eigenvalue weighted by atomic mass is 10.1. The van der Waals surface area contributed by atoms with Crippen molar-refractivity contribution < 1.29 is 38.5 Å². The van der Waals surface area contributed by atoms with Crippen molar-refractivity contribution in [1.29, 1.82) is 0 Å². The number of carboxylic acid groups (broad SMARTS) is 1. The van der Waals surface area contributed by atoms with E-state index in [1.807, 2.05) is 0 Å². The molecule has 156 valence electrons. The lowest BCUT2D eigenvalue weighted by Gasteiger charge is -2.13. The van der Waals surface area contributed by atoms with Crippen molar-refractivity contribution in [3.63, 3.8) is 0 Å². The van der Waals surface area contributed by atoms with Crippen LogP contribution in [0.2, 0.25) is 5.02 Å². The van der Waals surface area contributed by atoms with Gasteiger partial charge in [-0.15, -0.1) is 0 Å². The van der Waals surface area contributed by atoms with E-state index in [4.69, 9.17) is 30.9 Å². The van der Waals surface area contributed by atoms with E-state index < -0.39 is 36.2 Å². The molecule has 0 bridgehead atoms. The molecule has 1 heterocycles. The van der Waals surface area contributed by atoms with Gasteiger partial charge in [-0.05, 0) is 49.4 Å². The fourth-order valence-corrected chi connectivity index (χ4v) is 3.44. The van der Waals surface area contributed by atoms with Crippen LogP contribution in [-0.2, 0) is 19.1 Å². The molecule has 0 unspecified atom stereocenters. The standard InChI is InChI=1S/C18H18ClNO8S/c1-3-26-12-6-10(5-11(19)16(12)28-9-14(21)22)7-13-17(24)20(18(25)29-13)8-15(23)27-4-2/h5-7H,3-4,8-9H2,1-2H3,(H,21,22)/b13-7+. The van der Waals surface area contributed by atoms with Crippen LogP contribution in [0.4, 0.5) is 4.79 Å². The van der Waals surface area contributed by atoms with E-state index in [0.29, 0.717) is 17.3 Å². The van der Waals surface area contributed by atoms with E-state index >= 15 is 0 Å². The number of rotatable bonds is 9. The zero-order valence-electron chi connectivity index (χ0n) is 15.6. The number of halogens is 1. The van der Waals surface area contributed by atoms with Crippen molar-refractivity contribution in [3.8, 4) is 11.5 Å². The molecule has 1 saturated heterocycles. The van der Waals surface area contributed by atoms with E-state index in [1.165, 1.54) is 18.2 Å². The monoisotopic (exact) mass is 443 g/mol. The van der Waals surface area contributed by atoms with E-state index in [9.17, 15) is 19.2 Å². The number of ether oxygens (including phenoxy) is 3. The van der Waals surface area contributed by atoms with Gasteiger partial charge >= 0.3 is 11.9 Å². The van der Waals surface area contributed by atoms with Crippen molar-refractivity contribution in [2.24, 2.45) is 0 Å². The quantitative estimate of drug-likeness (QED) is 0.453. The van der Waals surface area contributed by atoms with Crippen LogP contribution >= 0.6 is 23.4 Å². The van der Waals surface area contributed by atoms with Crippen molar-refractivity contribution in [1.82, 2.24) is 4.90 Å². The number of imide groups is 1. The highest BCUT2D eigenvalue weighted by atomic mass is 35.5. The second-order valence-electron chi connectivity index (χ2n) is 5.52. The third kappa shape index (κ3) is 5.88. The summed E-state index contributed by atoms with van der Waals surface area (Å²) >= 11 is 6.86. The number of carboxylic acids is 1. The van der Waals surface area contributed by atoms with Gasteiger partial charge < -0.3 is 19.3 Å². The number of carbonyl (C=O) groups excluding carboxylic acids is 3. The van der Waals surface area contributed by atoms with Crippen LogP contribution in [0.1, 0.15) is 19.4 Å².